The molecule has 0 N–H and O–H groups in total. The van der Waals surface area contributed by atoms with Gasteiger partial charge in [0.2, 0.25) is 0 Å². The molecule has 1 nitrogen and oxygen atoms in total. The minimum absolute atomic E-state index is 0.111. The normalized spacial score (nSPS) is 12.7. The van der Waals surface area contributed by atoms with Gasteiger partial charge in [0.15, 0.2) is 0 Å². The lowest BCUT2D eigenvalue weighted by molar-refractivity contribution is -0.142. The van der Waals surface area contributed by atoms with Gasteiger partial charge in [-0.25, -0.2) is 0 Å². The summed E-state index contributed by atoms with van der Waals surface area (Å²) in [6, 6.07) is 0.360. The summed E-state index contributed by atoms with van der Waals surface area (Å²) in [4.78, 5) is 10.8. The molecule has 0 radical (unpaired) electrons. The Hall–Kier alpha value is -0.510. The van der Waals surface area contributed by atoms with Gasteiger partial charge in [0.05, 0.1) is 11.1 Å². The lowest BCUT2D eigenvalue weighted by atomic mass is 10.0. The van der Waals surface area contributed by atoms with E-state index in [9.17, 15) is 31.1 Å². The van der Waals surface area contributed by atoms with Crippen molar-refractivity contribution in [3.05, 3.63) is 32.4 Å². The van der Waals surface area contributed by atoms with Crippen LogP contribution in [0.5, 0.6) is 0 Å². The number of hydrogen-bond acceptors (Lipinski definition) is 1. The molecular weight excluding hydrogens is 400 g/mol. The molecule has 100 valence electrons. The molecule has 0 aliphatic heterocycles. The van der Waals surface area contributed by atoms with Crippen molar-refractivity contribution in [3.8, 4) is 0 Å². The molecule has 0 amide bonds. The Balaban J connectivity index is 3.60. The second-order valence-corrected chi connectivity index (χ2v) is 4.65. The van der Waals surface area contributed by atoms with Crippen molar-refractivity contribution in [2.45, 2.75) is 12.4 Å². The summed E-state index contributed by atoms with van der Waals surface area (Å²) >= 11 is 6.00. The van der Waals surface area contributed by atoms with Crippen LogP contribution in [0.15, 0.2) is 12.1 Å². The molecule has 0 aromatic heterocycles. The van der Waals surface area contributed by atoms with Gasteiger partial charge in [-0.15, -0.1) is 0 Å². The van der Waals surface area contributed by atoms with E-state index in [4.69, 9.17) is 11.6 Å². The fourth-order valence-electron chi connectivity index (χ4n) is 1.19. The van der Waals surface area contributed by atoms with E-state index in [1.807, 2.05) is 0 Å². The predicted octanol–water partition coefficient (Wildman–Crippen LogP) is 4.71. The fraction of sp³-hybridized carbons (Fsp3) is 0.222. The first-order valence-electron chi connectivity index (χ1n) is 4.12. The monoisotopic (exact) mass is 402 g/mol. The smallest absolute Gasteiger partial charge is 0.276 e. The molecule has 0 fully saturated rings. The predicted molar refractivity (Wildman–Crippen MR) is 59.3 cm³/mol. The molecule has 0 spiro atoms. The summed E-state index contributed by atoms with van der Waals surface area (Å²) in [7, 11) is 0. The molecular formula is C9H2ClF6IO. The molecule has 1 rings (SSSR count). The Morgan fingerprint density at radius 2 is 1.44 bits per heavy atom. The van der Waals surface area contributed by atoms with E-state index >= 15 is 0 Å². The first kappa shape index (κ1) is 15.5. The third kappa shape index (κ3) is 3.28. The van der Waals surface area contributed by atoms with Crippen molar-refractivity contribution >= 4 is 39.4 Å². The maximum absolute atomic E-state index is 12.5. The van der Waals surface area contributed by atoms with E-state index in [1.54, 1.807) is 0 Å². The maximum atomic E-state index is 12.5. The second-order valence-electron chi connectivity index (χ2n) is 3.15. The Morgan fingerprint density at radius 1 is 1.00 bits per heavy atom. The Bertz CT molecular complexity index is 493. The summed E-state index contributed by atoms with van der Waals surface area (Å²) in [6.45, 7) is 0. The Labute approximate surface area is 115 Å². The topological polar surface area (TPSA) is 17.1 Å². The first-order chi connectivity index (χ1) is 7.94. The van der Waals surface area contributed by atoms with Crippen LogP contribution in [-0.4, -0.2) is 5.24 Å². The van der Waals surface area contributed by atoms with Crippen molar-refractivity contribution in [1.82, 2.24) is 0 Å². The molecule has 9 heteroatoms. The summed E-state index contributed by atoms with van der Waals surface area (Å²) in [5, 5.41) is -1.59. The van der Waals surface area contributed by atoms with Crippen LogP contribution in [0.25, 0.3) is 0 Å². The lowest BCUT2D eigenvalue weighted by Crippen LogP contribution is -2.16. The van der Waals surface area contributed by atoms with Gasteiger partial charge >= 0.3 is 12.4 Å². The number of rotatable bonds is 1. The molecule has 0 saturated heterocycles. The molecule has 0 saturated carbocycles. The molecule has 1 aromatic rings. The summed E-state index contributed by atoms with van der Waals surface area (Å²) in [5.74, 6) is 0. The highest BCUT2D eigenvalue weighted by Crippen LogP contribution is 2.39. The van der Waals surface area contributed by atoms with Crippen LogP contribution in [0.2, 0.25) is 0 Å². The van der Waals surface area contributed by atoms with Crippen LogP contribution in [0.1, 0.15) is 21.5 Å². The van der Waals surface area contributed by atoms with E-state index in [1.165, 1.54) is 0 Å². The Morgan fingerprint density at radius 3 is 1.78 bits per heavy atom. The zero-order chi connectivity index (χ0) is 14.3. The van der Waals surface area contributed by atoms with Gasteiger partial charge in [-0.2, -0.15) is 26.3 Å². The van der Waals surface area contributed by atoms with Crippen molar-refractivity contribution in [2.24, 2.45) is 0 Å². The minimum atomic E-state index is -4.95. The molecule has 0 heterocycles. The van der Waals surface area contributed by atoms with Gasteiger partial charge in [-0.1, -0.05) is 0 Å². The average molecular weight is 402 g/mol. The van der Waals surface area contributed by atoms with E-state index < -0.39 is 37.9 Å². The molecule has 1 aromatic carbocycles. The van der Waals surface area contributed by atoms with Crippen molar-refractivity contribution in [1.29, 1.82) is 0 Å². The number of alkyl halides is 6. The zero-order valence-electron chi connectivity index (χ0n) is 8.09. The van der Waals surface area contributed by atoms with E-state index in [0.717, 1.165) is 22.6 Å². The molecule has 0 aliphatic rings. The third-order valence-electron chi connectivity index (χ3n) is 1.93. The Kier molecular flexibility index (Phi) is 4.21. The molecule has 0 aliphatic carbocycles. The zero-order valence-corrected chi connectivity index (χ0v) is 11.0. The maximum Gasteiger partial charge on any atom is 0.417 e. The van der Waals surface area contributed by atoms with E-state index in [2.05, 4.69) is 0 Å². The van der Waals surface area contributed by atoms with Gasteiger partial charge in [0, 0.05) is 9.13 Å². The second kappa shape index (κ2) is 4.87. The SMILES string of the molecule is O=C(Cl)c1cc(C(F)(F)F)c(I)cc1C(F)(F)F. The highest BCUT2D eigenvalue weighted by Gasteiger charge is 2.40. The number of benzene rings is 1. The lowest BCUT2D eigenvalue weighted by Gasteiger charge is -2.15. The van der Waals surface area contributed by atoms with Crippen LogP contribution in [0.3, 0.4) is 0 Å². The van der Waals surface area contributed by atoms with Gasteiger partial charge in [-0.3, -0.25) is 4.79 Å². The average Bonchev–Trinajstić information content (AvgIpc) is 2.13. The number of halogens is 8. The fourth-order valence-corrected chi connectivity index (χ4v) is 2.12. The van der Waals surface area contributed by atoms with Gasteiger partial charge in [-0.05, 0) is 46.3 Å². The van der Waals surface area contributed by atoms with Crippen LogP contribution < -0.4 is 0 Å². The number of hydrogen-bond donors (Lipinski definition) is 0. The quantitative estimate of drug-likeness (QED) is 0.378. The van der Waals surface area contributed by atoms with Crippen molar-refractivity contribution < 1.29 is 31.1 Å². The first-order valence-corrected chi connectivity index (χ1v) is 5.58. The highest BCUT2D eigenvalue weighted by atomic mass is 127. The van der Waals surface area contributed by atoms with Crippen LogP contribution in [0.4, 0.5) is 26.3 Å². The molecule has 18 heavy (non-hydrogen) atoms. The highest BCUT2D eigenvalue weighted by molar-refractivity contribution is 14.1. The number of carbonyl (C=O) groups excluding carboxylic acids is 1. The summed E-state index contributed by atoms with van der Waals surface area (Å²) in [6.07, 6.45) is -9.81. The van der Waals surface area contributed by atoms with Gasteiger partial charge in [0.1, 0.15) is 0 Å². The molecule has 0 unspecified atom stereocenters. The largest absolute Gasteiger partial charge is 0.417 e. The van der Waals surface area contributed by atoms with E-state index in [0.29, 0.717) is 0 Å². The van der Waals surface area contributed by atoms with Gasteiger partial charge < -0.3 is 0 Å². The van der Waals surface area contributed by atoms with Crippen molar-refractivity contribution in [2.75, 3.05) is 0 Å². The molecule has 0 bridgehead atoms. The molecule has 0 atom stereocenters. The summed E-state index contributed by atoms with van der Waals surface area (Å²) in [5.41, 5.74) is -4.03. The summed E-state index contributed by atoms with van der Waals surface area (Å²) < 4.78 is 74.3. The van der Waals surface area contributed by atoms with Crippen LogP contribution >= 0.6 is 34.2 Å². The third-order valence-corrected chi connectivity index (χ3v) is 3.03. The minimum Gasteiger partial charge on any atom is -0.276 e. The standard InChI is InChI=1S/C9H2ClF6IO/c10-7(18)3-1-5(9(14,15)16)6(17)2-4(3)8(11,12)13/h1-2H. The van der Waals surface area contributed by atoms with Crippen molar-refractivity contribution in [3.63, 3.8) is 0 Å². The van der Waals surface area contributed by atoms with Crippen LogP contribution in [-0.2, 0) is 12.4 Å². The van der Waals surface area contributed by atoms with Gasteiger partial charge in [0.25, 0.3) is 5.24 Å². The number of carbonyl (C=O) groups is 1. The van der Waals surface area contributed by atoms with E-state index in [-0.39, 0.29) is 12.1 Å². The van der Waals surface area contributed by atoms with Crippen LogP contribution in [0, 0.1) is 3.57 Å².